The summed E-state index contributed by atoms with van der Waals surface area (Å²) in [6, 6.07) is 17.3. The van der Waals surface area contributed by atoms with E-state index in [4.69, 9.17) is 4.74 Å². The van der Waals surface area contributed by atoms with Gasteiger partial charge in [0, 0.05) is 43.5 Å². The molecule has 0 saturated carbocycles. The maximum Gasteiger partial charge on any atom is 0.321 e. The smallest absolute Gasteiger partial charge is 0.321 e. The van der Waals surface area contributed by atoms with Crippen LogP contribution < -0.4 is 16.2 Å². The van der Waals surface area contributed by atoms with Gasteiger partial charge in [-0.3, -0.25) is 15.0 Å². The van der Waals surface area contributed by atoms with Crippen LogP contribution in [0.4, 0.5) is 15.1 Å². The number of fused-ring (bicyclic) bond motifs is 2. The number of benzene rings is 3. The van der Waals surface area contributed by atoms with Gasteiger partial charge in [-0.05, 0) is 41.5 Å². The quantitative estimate of drug-likeness (QED) is 0.249. The normalized spacial score (nSPS) is 14.0. The first-order valence-electron chi connectivity index (χ1n) is 13.1. The number of rotatable bonds is 7. The Kier molecular flexibility index (Phi) is 7.21. The number of ether oxygens (including phenoxy) is 1. The number of H-pyrrole nitrogens is 2. The highest BCUT2D eigenvalue weighted by molar-refractivity contribution is 5.91. The summed E-state index contributed by atoms with van der Waals surface area (Å²) in [5, 5.41) is 13.7. The molecule has 0 atom stereocenters. The lowest BCUT2D eigenvalue weighted by atomic mass is 9.98. The van der Waals surface area contributed by atoms with Gasteiger partial charge in [-0.1, -0.05) is 30.3 Å². The van der Waals surface area contributed by atoms with Crippen LogP contribution >= 0.6 is 0 Å². The highest BCUT2D eigenvalue weighted by Gasteiger charge is 2.14. The molecule has 3 heterocycles. The summed E-state index contributed by atoms with van der Waals surface area (Å²) in [6.45, 7) is 4.41. The van der Waals surface area contributed by atoms with E-state index in [0.717, 1.165) is 30.6 Å². The molecule has 11 heteroatoms. The van der Waals surface area contributed by atoms with Crippen LogP contribution in [0.2, 0.25) is 0 Å². The van der Waals surface area contributed by atoms with E-state index >= 15 is 0 Å². The lowest BCUT2D eigenvalue weighted by Crippen LogP contribution is -2.42. The van der Waals surface area contributed by atoms with Crippen molar-refractivity contribution in [1.29, 1.82) is 0 Å². The van der Waals surface area contributed by atoms with Gasteiger partial charge in [-0.15, -0.1) is 0 Å². The Morgan fingerprint density at radius 2 is 1.88 bits per heavy atom. The molecule has 1 saturated heterocycles. The summed E-state index contributed by atoms with van der Waals surface area (Å²) >= 11 is 0. The van der Waals surface area contributed by atoms with Gasteiger partial charge in [0.2, 0.25) is 5.95 Å². The van der Waals surface area contributed by atoms with Gasteiger partial charge >= 0.3 is 6.03 Å². The number of carbonyl (C=O) groups is 1. The van der Waals surface area contributed by atoms with Gasteiger partial charge in [0.15, 0.2) is 0 Å². The number of morpholine rings is 1. The summed E-state index contributed by atoms with van der Waals surface area (Å²) < 4.78 is 20.3. The third kappa shape index (κ3) is 5.56. The van der Waals surface area contributed by atoms with Gasteiger partial charge in [0.05, 0.1) is 35.3 Å². The number of amides is 2. The molecule has 0 bridgehead atoms. The van der Waals surface area contributed by atoms with Crippen molar-refractivity contribution in [2.45, 2.75) is 6.42 Å². The lowest BCUT2D eigenvalue weighted by molar-refractivity contribution is 0.0388. The molecule has 2 amide bonds. The van der Waals surface area contributed by atoms with Gasteiger partial charge < -0.3 is 15.0 Å². The Balaban J connectivity index is 1.17. The first-order chi connectivity index (χ1) is 19.5. The molecular weight excluding hydrogens is 513 g/mol. The minimum absolute atomic E-state index is 0.245. The molecule has 0 unspecified atom stereocenters. The molecule has 0 spiro atoms. The third-order valence-electron chi connectivity index (χ3n) is 7.02. The number of hydrogen-bond acceptors (Lipinski definition) is 6. The van der Waals surface area contributed by atoms with E-state index in [-0.39, 0.29) is 17.4 Å². The molecule has 10 nitrogen and oxygen atoms in total. The van der Waals surface area contributed by atoms with Crippen LogP contribution in [0, 0.1) is 5.82 Å². The van der Waals surface area contributed by atoms with E-state index < -0.39 is 0 Å². The van der Waals surface area contributed by atoms with Crippen molar-refractivity contribution in [3.05, 3.63) is 88.1 Å². The summed E-state index contributed by atoms with van der Waals surface area (Å²) in [7, 11) is 0. The standard InChI is InChI=1S/C29H28FN7O3/c30-23-7-5-18(16-25-20-3-1-2-4-21(20)27(38)36-35-25)15-22(23)19-6-8-24-26(17-19)33-28(32-24)34-29(39)31-9-10-37-11-13-40-14-12-37/h1-8,15,17H,9-14,16H2,(H,36,38)(H3,31,32,33,34,39). The van der Waals surface area contributed by atoms with Gasteiger partial charge in [0.1, 0.15) is 5.82 Å². The zero-order chi connectivity index (χ0) is 27.5. The molecule has 0 aliphatic carbocycles. The molecule has 6 rings (SSSR count). The second-order valence-corrected chi connectivity index (χ2v) is 9.69. The van der Waals surface area contributed by atoms with Crippen molar-refractivity contribution < 1.29 is 13.9 Å². The summed E-state index contributed by atoms with van der Waals surface area (Å²) in [4.78, 5) is 34.3. The minimum atomic E-state index is -0.365. The van der Waals surface area contributed by atoms with Crippen LogP contribution in [0.25, 0.3) is 32.9 Å². The molecule has 4 N–H and O–H groups in total. The summed E-state index contributed by atoms with van der Waals surface area (Å²) in [5.74, 6) is -0.0582. The summed E-state index contributed by atoms with van der Waals surface area (Å²) in [5.41, 5.74) is 3.69. The topological polar surface area (TPSA) is 128 Å². The Labute approximate surface area is 228 Å². The second-order valence-electron chi connectivity index (χ2n) is 9.69. The average Bonchev–Trinajstić information content (AvgIpc) is 3.37. The van der Waals surface area contributed by atoms with Crippen LogP contribution in [-0.2, 0) is 11.2 Å². The van der Waals surface area contributed by atoms with Crippen molar-refractivity contribution in [2.75, 3.05) is 44.7 Å². The number of halogens is 1. The molecule has 5 aromatic rings. The van der Waals surface area contributed by atoms with Crippen molar-refractivity contribution in [3.8, 4) is 11.1 Å². The van der Waals surface area contributed by atoms with Crippen LogP contribution in [-0.4, -0.2) is 70.5 Å². The first-order valence-corrected chi connectivity index (χ1v) is 13.1. The van der Waals surface area contributed by atoms with Crippen LogP contribution in [0.15, 0.2) is 65.5 Å². The monoisotopic (exact) mass is 541 g/mol. The molecule has 0 radical (unpaired) electrons. The fourth-order valence-electron chi connectivity index (χ4n) is 4.94. The summed E-state index contributed by atoms with van der Waals surface area (Å²) in [6.07, 6.45) is 0.421. The Morgan fingerprint density at radius 3 is 2.73 bits per heavy atom. The zero-order valence-electron chi connectivity index (χ0n) is 21.7. The van der Waals surface area contributed by atoms with Crippen LogP contribution in [0.1, 0.15) is 11.3 Å². The maximum atomic E-state index is 15.0. The molecule has 1 aliphatic rings. The second kappa shape index (κ2) is 11.2. The predicted octanol–water partition coefficient (Wildman–Crippen LogP) is 3.65. The zero-order valence-corrected chi connectivity index (χ0v) is 21.7. The number of imidazole rings is 1. The fourth-order valence-corrected chi connectivity index (χ4v) is 4.94. The van der Waals surface area contributed by atoms with Gasteiger partial charge in [-0.25, -0.2) is 19.3 Å². The highest BCUT2D eigenvalue weighted by atomic mass is 19.1. The number of aromatic nitrogens is 4. The van der Waals surface area contributed by atoms with E-state index in [1.165, 1.54) is 6.07 Å². The van der Waals surface area contributed by atoms with Crippen LogP contribution in [0.3, 0.4) is 0 Å². The number of carbonyl (C=O) groups excluding carboxylic acids is 1. The number of anilines is 1. The number of nitrogens with zero attached hydrogens (tertiary/aromatic N) is 3. The van der Waals surface area contributed by atoms with Crippen molar-refractivity contribution in [1.82, 2.24) is 30.4 Å². The Bertz CT molecular complexity index is 1740. The minimum Gasteiger partial charge on any atom is -0.379 e. The molecule has 1 fully saturated rings. The fraction of sp³-hybridized carbons (Fsp3) is 0.241. The lowest BCUT2D eigenvalue weighted by Gasteiger charge is -2.26. The molecule has 1 aliphatic heterocycles. The number of aromatic amines is 2. The van der Waals surface area contributed by atoms with Crippen molar-refractivity contribution in [2.24, 2.45) is 0 Å². The third-order valence-corrected chi connectivity index (χ3v) is 7.02. The van der Waals surface area contributed by atoms with Crippen molar-refractivity contribution in [3.63, 3.8) is 0 Å². The number of urea groups is 1. The Morgan fingerprint density at radius 1 is 1.05 bits per heavy atom. The first kappa shape index (κ1) is 25.7. The van der Waals surface area contributed by atoms with E-state index in [2.05, 4.69) is 35.7 Å². The van der Waals surface area contributed by atoms with Gasteiger partial charge in [-0.2, -0.15) is 5.10 Å². The molecule has 204 valence electrons. The van der Waals surface area contributed by atoms with E-state index in [9.17, 15) is 14.0 Å². The average molecular weight is 542 g/mol. The SMILES string of the molecule is O=C(NCCN1CCOCC1)Nc1nc2cc(-c3cc(Cc4n[nH]c(=O)c5ccccc45)ccc3F)ccc2[nH]1. The van der Waals surface area contributed by atoms with E-state index in [1.807, 2.05) is 30.3 Å². The van der Waals surface area contributed by atoms with Crippen LogP contribution in [0.5, 0.6) is 0 Å². The molecule has 2 aromatic heterocycles. The molecule has 3 aromatic carbocycles. The number of nitrogens with one attached hydrogen (secondary N) is 4. The van der Waals surface area contributed by atoms with E-state index in [1.54, 1.807) is 24.3 Å². The predicted molar refractivity (Wildman–Crippen MR) is 151 cm³/mol. The van der Waals surface area contributed by atoms with Gasteiger partial charge in [0.25, 0.3) is 5.56 Å². The molecule has 40 heavy (non-hydrogen) atoms. The van der Waals surface area contributed by atoms with Crippen molar-refractivity contribution >= 4 is 33.8 Å². The number of hydrogen-bond donors (Lipinski definition) is 4. The Hall–Kier alpha value is -4.61. The maximum absolute atomic E-state index is 15.0. The molecular formula is C29H28FN7O3. The van der Waals surface area contributed by atoms with E-state index in [0.29, 0.717) is 65.4 Å². The largest absolute Gasteiger partial charge is 0.379 e. The highest BCUT2D eigenvalue weighted by Crippen LogP contribution is 2.28.